The molecule has 0 fully saturated rings. The lowest BCUT2D eigenvalue weighted by Crippen LogP contribution is -2.29. The van der Waals surface area contributed by atoms with Gasteiger partial charge >= 0.3 is 0 Å². The summed E-state index contributed by atoms with van der Waals surface area (Å²) in [5.41, 5.74) is 1.57. The van der Waals surface area contributed by atoms with Crippen molar-refractivity contribution < 1.29 is 5.11 Å². The van der Waals surface area contributed by atoms with Crippen LogP contribution in [0.15, 0.2) is 24.3 Å². The maximum Gasteiger partial charge on any atom is 0.0880 e. The summed E-state index contributed by atoms with van der Waals surface area (Å²) in [5, 5.41) is 13.9. The van der Waals surface area contributed by atoms with Crippen molar-refractivity contribution in [1.29, 1.82) is 0 Å². The second-order valence-corrected chi connectivity index (χ2v) is 6.40. The van der Waals surface area contributed by atoms with Gasteiger partial charge in [-0.25, -0.2) is 0 Å². The lowest BCUT2D eigenvalue weighted by molar-refractivity contribution is 0.0478. The zero-order chi connectivity index (χ0) is 14.5. The van der Waals surface area contributed by atoms with E-state index in [2.05, 4.69) is 57.3 Å². The van der Waals surface area contributed by atoms with Crippen LogP contribution < -0.4 is 5.32 Å². The van der Waals surface area contributed by atoms with E-state index in [1.54, 1.807) is 0 Å². The molecule has 1 atom stereocenters. The van der Waals surface area contributed by atoms with Crippen LogP contribution in [0.3, 0.4) is 0 Å². The predicted octanol–water partition coefficient (Wildman–Crippen LogP) is 3.65. The molecular formula is C17H29NO. The standard InChI is InChI=1S/C17H29NO/c1-13(2)12-18-11-10-17(5,19)16-8-6-15(7-9-16)14(3)4/h6-9,13-14,18-19H,10-12H2,1-5H3. The van der Waals surface area contributed by atoms with E-state index in [0.717, 1.165) is 25.1 Å². The zero-order valence-corrected chi connectivity index (χ0v) is 13.0. The number of aliphatic hydroxyl groups is 1. The highest BCUT2D eigenvalue weighted by Crippen LogP contribution is 2.25. The third-order valence-corrected chi connectivity index (χ3v) is 3.54. The van der Waals surface area contributed by atoms with Crippen molar-refractivity contribution >= 4 is 0 Å². The Morgan fingerprint density at radius 3 is 2.16 bits per heavy atom. The molecule has 108 valence electrons. The van der Waals surface area contributed by atoms with Gasteiger partial charge in [-0.3, -0.25) is 0 Å². The zero-order valence-electron chi connectivity index (χ0n) is 13.0. The second kappa shape index (κ2) is 7.06. The first-order chi connectivity index (χ1) is 8.83. The summed E-state index contributed by atoms with van der Waals surface area (Å²) in [6.07, 6.45) is 0.737. The molecule has 0 radical (unpaired) electrons. The Balaban J connectivity index is 2.56. The van der Waals surface area contributed by atoms with Gasteiger partial charge in [0, 0.05) is 0 Å². The maximum atomic E-state index is 10.5. The van der Waals surface area contributed by atoms with E-state index >= 15 is 0 Å². The first-order valence-electron chi connectivity index (χ1n) is 7.36. The molecule has 1 rings (SSSR count). The Kier molecular flexibility index (Phi) is 6.02. The fraction of sp³-hybridized carbons (Fsp3) is 0.647. The molecule has 2 N–H and O–H groups in total. The van der Waals surface area contributed by atoms with E-state index in [1.807, 2.05) is 6.92 Å². The summed E-state index contributed by atoms with van der Waals surface area (Å²) in [6, 6.07) is 8.35. The molecule has 0 aromatic heterocycles. The van der Waals surface area contributed by atoms with Crippen molar-refractivity contribution in [3.05, 3.63) is 35.4 Å². The molecule has 0 spiro atoms. The van der Waals surface area contributed by atoms with Gasteiger partial charge in [-0.05, 0) is 49.4 Å². The third-order valence-electron chi connectivity index (χ3n) is 3.54. The minimum absolute atomic E-state index is 0.534. The highest BCUT2D eigenvalue weighted by molar-refractivity contribution is 5.28. The van der Waals surface area contributed by atoms with Crippen LogP contribution in [0.4, 0.5) is 0 Å². The van der Waals surface area contributed by atoms with Gasteiger partial charge in [0.1, 0.15) is 0 Å². The van der Waals surface area contributed by atoms with E-state index < -0.39 is 5.60 Å². The SMILES string of the molecule is CC(C)CNCCC(C)(O)c1ccc(C(C)C)cc1. The van der Waals surface area contributed by atoms with Crippen LogP contribution in [0.2, 0.25) is 0 Å². The average Bonchev–Trinajstić information content (AvgIpc) is 2.34. The van der Waals surface area contributed by atoms with E-state index in [4.69, 9.17) is 0 Å². The number of hydrogen-bond donors (Lipinski definition) is 2. The predicted molar refractivity (Wildman–Crippen MR) is 82.4 cm³/mol. The van der Waals surface area contributed by atoms with Crippen molar-refractivity contribution in [2.45, 2.75) is 52.6 Å². The normalized spacial score (nSPS) is 14.9. The van der Waals surface area contributed by atoms with Crippen LogP contribution >= 0.6 is 0 Å². The molecule has 19 heavy (non-hydrogen) atoms. The summed E-state index contributed by atoms with van der Waals surface area (Å²) in [4.78, 5) is 0. The molecule has 1 unspecified atom stereocenters. The monoisotopic (exact) mass is 263 g/mol. The quantitative estimate of drug-likeness (QED) is 0.736. The van der Waals surface area contributed by atoms with Crippen molar-refractivity contribution in [3.63, 3.8) is 0 Å². The molecule has 0 amide bonds. The maximum absolute atomic E-state index is 10.5. The Hall–Kier alpha value is -0.860. The minimum atomic E-state index is -0.751. The Labute approximate surface area is 118 Å². The highest BCUT2D eigenvalue weighted by atomic mass is 16.3. The molecule has 2 nitrogen and oxygen atoms in total. The Morgan fingerprint density at radius 1 is 1.11 bits per heavy atom. The summed E-state index contributed by atoms with van der Waals surface area (Å²) in [5.74, 6) is 1.18. The van der Waals surface area contributed by atoms with E-state index in [9.17, 15) is 5.11 Å². The molecule has 0 aliphatic heterocycles. The van der Waals surface area contributed by atoms with Gasteiger partial charge in [0.15, 0.2) is 0 Å². The number of nitrogens with one attached hydrogen (secondary N) is 1. The van der Waals surface area contributed by atoms with Gasteiger partial charge < -0.3 is 10.4 Å². The first-order valence-corrected chi connectivity index (χ1v) is 7.36. The van der Waals surface area contributed by atoms with Gasteiger partial charge in [0.05, 0.1) is 5.60 Å². The minimum Gasteiger partial charge on any atom is -0.385 e. The molecule has 0 saturated heterocycles. The van der Waals surface area contributed by atoms with Crippen LogP contribution in [0.1, 0.15) is 58.1 Å². The molecule has 0 saturated carbocycles. The number of hydrogen-bond acceptors (Lipinski definition) is 2. The molecule has 1 aromatic carbocycles. The lowest BCUT2D eigenvalue weighted by atomic mass is 9.90. The second-order valence-electron chi connectivity index (χ2n) is 6.40. The molecule has 0 bridgehead atoms. The molecule has 1 aromatic rings. The van der Waals surface area contributed by atoms with Crippen molar-refractivity contribution in [3.8, 4) is 0 Å². The van der Waals surface area contributed by atoms with E-state index in [-0.39, 0.29) is 0 Å². The van der Waals surface area contributed by atoms with Gasteiger partial charge in [-0.2, -0.15) is 0 Å². The fourth-order valence-corrected chi connectivity index (χ4v) is 2.09. The molecule has 0 aliphatic carbocycles. The Bertz CT molecular complexity index is 365. The van der Waals surface area contributed by atoms with E-state index in [0.29, 0.717) is 11.8 Å². The Morgan fingerprint density at radius 2 is 1.68 bits per heavy atom. The van der Waals surface area contributed by atoms with Gasteiger partial charge in [-0.15, -0.1) is 0 Å². The van der Waals surface area contributed by atoms with Crippen LogP contribution in [-0.2, 0) is 5.60 Å². The van der Waals surface area contributed by atoms with Crippen molar-refractivity contribution in [2.75, 3.05) is 13.1 Å². The summed E-state index contributed by atoms with van der Waals surface area (Å²) in [6.45, 7) is 12.5. The number of benzene rings is 1. The smallest absolute Gasteiger partial charge is 0.0880 e. The topological polar surface area (TPSA) is 32.3 Å². The largest absolute Gasteiger partial charge is 0.385 e. The third kappa shape index (κ3) is 5.33. The average molecular weight is 263 g/mol. The van der Waals surface area contributed by atoms with Crippen LogP contribution in [0.25, 0.3) is 0 Å². The molecule has 0 aliphatic rings. The summed E-state index contributed by atoms with van der Waals surface area (Å²) in [7, 11) is 0. The molecule has 2 heteroatoms. The molecule has 0 heterocycles. The number of rotatable bonds is 7. The van der Waals surface area contributed by atoms with Crippen LogP contribution in [0.5, 0.6) is 0 Å². The lowest BCUT2D eigenvalue weighted by Gasteiger charge is -2.25. The van der Waals surface area contributed by atoms with Crippen molar-refractivity contribution in [1.82, 2.24) is 5.32 Å². The van der Waals surface area contributed by atoms with Gasteiger partial charge in [-0.1, -0.05) is 52.0 Å². The van der Waals surface area contributed by atoms with E-state index in [1.165, 1.54) is 5.56 Å². The van der Waals surface area contributed by atoms with Crippen LogP contribution in [0, 0.1) is 5.92 Å². The fourth-order valence-electron chi connectivity index (χ4n) is 2.09. The van der Waals surface area contributed by atoms with Crippen LogP contribution in [-0.4, -0.2) is 18.2 Å². The summed E-state index contributed by atoms with van der Waals surface area (Å²) < 4.78 is 0. The highest BCUT2D eigenvalue weighted by Gasteiger charge is 2.22. The first kappa shape index (κ1) is 16.2. The summed E-state index contributed by atoms with van der Waals surface area (Å²) >= 11 is 0. The molecular weight excluding hydrogens is 234 g/mol. The van der Waals surface area contributed by atoms with Gasteiger partial charge in [0.2, 0.25) is 0 Å². The van der Waals surface area contributed by atoms with Crippen molar-refractivity contribution in [2.24, 2.45) is 5.92 Å². The van der Waals surface area contributed by atoms with Gasteiger partial charge in [0.25, 0.3) is 0 Å².